The molecule has 8 rings (SSSR count). The first-order chi connectivity index (χ1) is 25.4. The van der Waals surface area contributed by atoms with E-state index in [2.05, 4.69) is 22.7 Å². The van der Waals surface area contributed by atoms with Gasteiger partial charge in [-0.3, -0.25) is 4.90 Å². The number of nitrogens with zero attached hydrogens (tertiary/aromatic N) is 5. The molecule has 12 heteroatoms. The van der Waals surface area contributed by atoms with Crippen LogP contribution in [0.3, 0.4) is 0 Å². The molecular formula is C41H47F2N5O5. The van der Waals surface area contributed by atoms with Crippen molar-refractivity contribution in [3.8, 4) is 41.2 Å². The molecule has 0 bridgehead atoms. The summed E-state index contributed by atoms with van der Waals surface area (Å²) in [5.41, 5.74) is -1.50. The fraction of sp³-hybridized carbons (Fsp3) is 0.537. The van der Waals surface area contributed by atoms with Crippen molar-refractivity contribution in [2.75, 3.05) is 44.9 Å². The fourth-order valence-corrected chi connectivity index (χ4v) is 9.90. The Labute approximate surface area is 308 Å². The number of methoxy groups -OCH3 is 1. The van der Waals surface area contributed by atoms with Crippen LogP contribution in [0.15, 0.2) is 24.3 Å². The third-order valence-corrected chi connectivity index (χ3v) is 12.5. The Morgan fingerprint density at radius 1 is 1.02 bits per heavy atom. The summed E-state index contributed by atoms with van der Waals surface area (Å²) in [7, 11) is 1.41. The van der Waals surface area contributed by atoms with Crippen LogP contribution in [0.25, 0.3) is 32.9 Å². The maximum absolute atomic E-state index is 17.2. The second-order valence-electron chi connectivity index (χ2n) is 16.4. The highest BCUT2D eigenvalue weighted by molar-refractivity contribution is 6.04. The summed E-state index contributed by atoms with van der Waals surface area (Å²) in [5, 5.41) is 32.6. The molecule has 0 amide bonds. The van der Waals surface area contributed by atoms with Gasteiger partial charge in [0, 0.05) is 48.1 Å². The summed E-state index contributed by atoms with van der Waals surface area (Å²) in [6, 6.07) is 6.19. The SMILES string of the molecule is C#Cc1c(F)ccc2cc(O)cc(-c3nc(OC)c4c(N5CCC[C@@](C)(O)C5)nc(OC[C@]56CCC[C@H]5N(C5CC(C)(CO)C5)CCC6)nc4c3F)c12. The van der Waals surface area contributed by atoms with Crippen LogP contribution in [-0.2, 0) is 0 Å². The molecule has 2 aliphatic carbocycles. The maximum Gasteiger partial charge on any atom is 0.319 e. The molecule has 2 aliphatic heterocycles. The maximum atomic E-state index is 17.2. The monoisotopic (exact) mass is 727 g/mol. The number of terminal acetylenes is 1. The molecule has 2 saturated carbocycles. The molecule has 4 fully saturated rings. The van der Waals surface area contributed by atoms with E-state index in [1.54, 1.807) is 6.92 Å². The van der Waals surface area contributed by atoms with Gasteiger partial charge in [-0.2, -0.15) is 9.97 Å². The van der Waals surface area contributed by atoms with Gasteiger partial charge in [-0.1, -0.05) is 25.3 Å². The van der Waals surface area contributed by atoms with Gasteiger partial charge in [0.15, 0.2) is 5.82 Å². The number of hydrogen-bond donors (Lipinski definition) is 3. The summed E-state index contributed by atoms with van der Waals surface area (Å²) < 4.78 is 44.7. The lowest BCUT2D eigenvalue weighted by Crippen LogP contribution is -2.60. The quantitative estimate of drug-likeness (QED) is 0.177. The minimum Gasteiger partial charge on any atom is -0.508 e. The number of aromatic nitrogens is 3. The summed E-state index contributed by atoms with van der Waals surface area (Å²) >= 11 is 0. The number of phenols is 1. The van der Waals surface area contributed by atoms with Gasteiger partial charge in [-0.15, -0.1) is 6.42 Å². The van der Waals surface area contributed by atoms with Crippen LogP contribution in [0, 0.1) is 34.8 Å². The Morgan fingerprint density at radius 3 is 2.53 bits per heavy atom. The minimum atomic E-state index is -1.01. The Morgan fingerprint density at radius 2 is 1.79 bits per heavy atom. The molecule has 4 aliphatic rings. The molecule has 4 heterocycles. The van der Waals surface area contributed by atoms with E-state index in [0.29, 0.717) is 49.3 Å². The van der Waals surface area contributed by atoms with Gasteiger partial charge >= 0.3 is 6.01 Å². The van der Waals surface area contributed by atoms with Crippen LogP contribution in [0.1, 0.15) is 77.2 Å². The Bertz CT molecular complexity index is 2130. The van der Waals surface area contributed by atoms with E-state index in [-0.39, 0.29) is 74.7 Å². The van der Waals surface area contributed by atoms with Crippen molar-refractivity contribution in [1.82, 2.24) is 19.9 Å². The molecule has 0 spiro atoms. The number of benzene rings is 2. The van der Waals surface area contributed by atoms with Crippen LogP contribution in [0.5, 0.6) is 17.6 Å². The van der Waals surface area contributed by atoms with Crippen LogP contribution in [0.2, 0.25) is 0 Å². The number of fused-ring (bicyclic) bond motifs is 3. The zero-order valence-electron chi connectivity index (χ0n) is 30.6. The topological polar surface area (TPSA) is 124 Å². The van der Waals surface area contributed by atoms with E-state index in [0.717, 1.165) is 51.5 Å². The number of anilines is 1. The highest BCUT2D eigenvalue weighted by atomic mass is 19.1. The van der Waals surface area contributed by atoms with Crippen molar-refractivity contribution >= 4 is 27.5 Å². The van der Waals surface area contributed by atoms with Gasteiger partial charge in [0.25, 0.3) is 0 Å². The van der Waals surface area contributed by atoms with E-state index in [4.69, 9.17) is 25.9 Å². The van der Waals surface area contributed by atoms with E-state index in [1.165, 1.54) is 31.4 Å². The lowest BCUT2D eigenvalue weighted by Gasteiger charge is -2.56. The van der Waals surface area contributed by atoms with Crippen LogP contribution in [-0.4, -0.2) is 92.8 Å². The Hall–Kier alpha value is -4.31. The number of β-amino-alcohol motifs (C(OH)–C–C–N with tert-alkyl or cyclic N) is 1. The van der Waals surface area contributed by atoms with Gasteiger partial charge in [0.1, 0.15) is 34.0 Å². The van der Waals surface area contributed by atoms with Crippen LogP contribution < -0.4 is 14.4 Å². The van der Waals surface area contributed by atoms with Gasteiger partial charge in [-0.25, -0.2) is 13.8 Å². The Kier molecular flexibility index (Phi) is 8.90. The van der Waals surface area contributed by atoms with Gasteiger partial charge in [0.2, 0.25) is 5.88 Å². The lowest BCUT2D eigenvalue weighted by atomic mass is 9.65. The first-order valence-electron chi connectivity index (χ1n) is 18.7. The van der Waals surface area contributed by atoms with E-state index >= 15 is 8.78 Å². The number of ether oxygens (including phenoxy) is 2. The summed E-state index contributed by atoms with van der Waals surface area (Å²) in [5.74, 6) is 1.05. The molecule has 0 unspecified atom stereocenters. The number of aromatic hydroxyl groups is 1. The number of rotatable bonds is 8. The number of phenolic OH excluding ortho intramolecular Hbond substituents is 1. The molecule has 2 aromatic carbocycles. The Balaban J connectivity index is 1.24. The second-order valence-corrected chi connectivity index (χ2v) is 16.4. The highest BCUT2D eigenvalue weighted by Crippen LogP contribution is 2.53. The standard InChI is InChI=1S/C41H47F2N5O5/c1-5-27-29(42)11-10-24-17-26(50)18-28(31(24)27)34-33(43)35-32(37(44-34)52-4)36(47-15-7-12-40(3,51)21-47)46-38(45-35)53-23-41-13-6-9-30(41)48(16-8-14-41)25-19-39(2,20-25)22-49/h1,10-11,17-18,25,30,49-51H,6-9,12-16,19-23H2,2-4H3/t25?,30-,39?,40-,41-/m1/s1. The van der Waals surface area contributed by atoms with Crippen molar-refractivity contribution < 1.29 is 33.6 Å². The number of aliphatic hydroxyl groups is 2. The molecule has 10 nitrogen and oxygen atoms in total. The van der Waals surface area contributed by atoms with Crippen LogP contribution >= 0.6 is 0 Å². The van der Waals surface area contributed by atoms with Gasteiger partial charge in [0.05, 0.1) is 24.9 Å². The summed E-state index contributed by atoms with van der Waals surface area (Å²) in [4.78, 5) is 18.7. The number of hydrogen-bond acceptors (Lipinski definition) is 10. The fourth-order valence-electron chi connectivity index (χ4n) is 9.90. The number of aliphatic hydroxyl groups excluding tert-OH is 1. The molecule has 53 heavy (non-hydrogen) atoms. The van der Waals surface area contributed by atoms with Crippen molar-refractivity contribution in [2.45, 2.75) is 89.3 Å². The lowest BCUT2D eigenvalue weighted by molar-refractivity contribution is -0.0884. The van der Waals surface area contributed by atoms with Crippen molar-refractivity contribution in [3.63, 3.8) is 0 Å². The average Bonchev–Trinajstić information content (AvgIpc) is 3.57. The van der Waals surface area contributed by atoms with Gasteiger partial charge < -0.3 is 29.7 Å². The molecule has 280 valence electrons. The number of pyridine rings is 1. The minimum absolute atomic E-state index is 0.000549. The largest absolute Gasteiger partial charge is 0.508 e. The number of piperidine rings is 2. The van der Waals surface area contributed by atoms with E-state index in [9.17, 15) is 15.3 Å². The summed E-state index contributed by atoms with van der Waals surface area (Å²) in [6.07, 6.45) is 14.2. The van der Waals surface area contributed by atoms with Crippen molar-refractivity contribution in [3.05, 3.63) is 41.5 Å². The number of halogens is 2. The molecular weight excluding hydrogens is 680 g/mol. The predicted octanol–water partition coefficient (Wildman–Crippen LogP) is 6.34. The first-order valence-corrected chi connectivity index (χ1v) is 18.7. The molecule has 3 atom stereocenters. The van der Waals surface area contributed by atoms with Crippen molar-refractivity contribution in [2.24, 2.45) is 10.8 Å². The van der Waals surface area contributed by atoms with E-state index < -0.39 is 17.2 Å². The third kappa shape index (κ3) is 6.11. The molecule has 2 aromatic heterocycles. The normalized spacial score (nSPS) is 28.8. The van der Waals surface area contributed by atoms with Crippen LogP contribution in [0.4, 0.5) is 14.6 Å². The second kappa shape index (κ2) is 13.2. The van der Waals surface area contributed by atoms with Gasteiger partial charge in [-0.05, 0) is 93.8 Å². The molecule has 3 N–H and O–H groups in total. The molecule has 4 aromatic rings. The predicted molar refractivity (Wildman–Crippen MR) is 198 cm³/mol. The first kappa shape index (κ1) is 35.7. The van der Waals surface area contributed by atoms with E-state index in [1.807, 2.05) is 4.90 Å². The summed E-state index contributed by atoms with van der Waals surface area (Å²) in [6.45, 7) is 6.29. The van der Waals surface area contributed by atoms with Crippen molar-refractivity contribution in [1.29, 1.82) is 0 Å². The smallest absolute Gasteiger partial charge is 0.319 e. The zero-order chi connectivity index (χ0) is 37.3. The number of likely N-dealkylation sites (tertiary alicyclic amines) is 1. The zero-order valence-corrected chi connectivity index (χ0v) is 30.6. The highest BCUT2D eigenvalue weighted by Gasteiger charge is 2.53. The average molecular weight is 728 g/mol. The third-order valence-electron chi connectivity index (χ3n) is 12.5. The molecule has 0 radical (unpaired) electrons. The molecule has 2 saturated heterocycles.